The number of ether oxygens (including phenoxy) is 1. The standard InChI is InChI=1S/C15H21Cl2NO3/c16-12-4-3-5-13(17)14(12)21-9-11(20)8-18-15(10-19)6-1-2-7-15/h3-5,11,18-20H,1-2,6-10H2. The van der Waals surface area contributed by atoms with E-state index in [4.69, 9.17) is 27.9 Å². The lowest BCUT2D eigenvalue weighted by atomic mass is 9.99. The van der Waals surface area contributed by atoms with Gasteiger partial charge in [-0.15, -0.1) is 0 Å². The fraction of sp³-hybridized carbons (Fsp3) is 0.600. The van der Waals surface area contributed by atoms with E-state index < -0.39 is 6.10 Å². The zero-order valence-electron chi connectivity index (χ0n) is 11.8. The summed E-state index contributed by atoms with van der Waals surface area (Å²) in [6, 6.07) is 5.11. The Morgan fingerprint density at radius 2 is 1.86 bits per heavy atom. The van der Waals surface area contributed by atoms with Gasteiger partial charge in [-0.25, -0.2) is 0 Å². The van der Waals surface area contributed by atoms with Crippen LogP contribution in [0.25, 0.3) is 0 Å². The zero-order chi connectivity index (χ0) is 15.3. The van der Waals surface area contributed by atoms with Crippen molar-refractivity contribution in [1.82, 2.24) is 5.32 Å². The van der Waals surface area contributed by atoms with Crippen LogP contribution in [0, 0.1) is 0 Å². The third kappa shape index (κ3) is 4.47. The van der Waals surface area contributed by atoms with Crippen molar-refractivity contribution in [1.29, 1.82) is 0 Å². The van der Waals surface area contributed by atoms with Gasteiger partial charge in [-0.3, -0.25) is 0 Å². The number of rotatable bonds is 7. The molecule has 1 saturated carbocycles. The summed E-state index contributed by atoms with van der Waals surface area (Å²) in [5.41, 5.74) is -0.247. The fourth-order valence-electron chi connectivity index (χ4n) is 2.64. The number of para-hydroxylation sites is 1. The summed E-state index contributed by atoms with van der Waals surface area (Å²) in [6.45, 7) is 0.553. The van der Waals surface area contributed by atoms with Gasteiger partial charge < -0.3 is 20.3 Å². The number of nitrogens with one attached hydrogen (secondary N) is 1. The van der Waals surface area contributed by atoms with Gasteiger partial charge in [0.2, 0.25) is 0 Å². The van der Waals surface area contributed by atoms with Crippen molar-refractivity contribution in [3.63, 3.8) is 0 Å². The molecular formula is C15H21Cl2NO3. The minimum atomic E-state index is -0.693. The molecule has 1 atom stereocenters. The summed E-state index contributed by atoms with van der Waals surface area (Å²) in [4.78, 5) is 0. The van der Waals surface area contributed by atoms with E-state index in [2.05, 4.69) is 5.32 Å². The summed E-state index contributed by atoms with van der Waals surface area (Å²) < 4.78 is 5.49. The molecule has 6 heteroatoms. The van der Waals surface area contributed by atoms with Crippen LogP contribution in [-0.4, -0.2) is 41.6 Å². The lowest BCUT2D eigenvalue weighted by molar-refractivity contribution is 0.0850. The first kappa shape index (κ1) is 16.8. The topological polar surface area (TPSA) is 61.7 Å². The van der Waals surface area contributed by atoms with Gasteiger partial charge in [-0.05, 0) is 25.0 Å². The first-order chi connectivity index (χ1) is 10.1. The van der Waals surface area contributed by atoms with E-state index in [-0.39, 0.29) is 18.8 Å². The van der Waals surface area contributed by atoms with Crippen molar-refractivity contribution in [3.8, 4) is 5.75 Å². The summed E-state index contributed by atoms with van der Waals surface area (Å²) >= 11 is 12.0. The number of benzene rings is 1. The monoisotopic (exact) mass is 333 g/mol. The third-order valence-electron chi connectivity index (χ3n) is 3.92. The average molecular weight is 334 g/mol. The van der Waals surface area contributed by atoms with Crippen molar-refractivity contribution in [2.75, 3.05) is 19.8 Å². The highest BCUT2D eigenvalue weighted by atomic mass is 35.5. The average Bonchev–Trinajstić information content (AvgIpc) is 2.94. The van der Waals surface area contributed by atoms with Gasteiger partial charge in [0.25, 0.3) is 0 Å². The van der Waals surface area contributed by atoms with Gasteiger partial charge in [0.15, 0.2) is 5.75 Å². The predicted octanol–water partition coefficient (Wildman–Crippen LogP) is 2.63. The lowest BCUT2D eigenvalue weighted by Crippen LogP contribution is -2.49. The molecule has 0 aliphatic heterocycles. The van der Waals surface area contributed by atoms with Crippen LogP contribution in [0.3, 0.4) is 0 Å². The molecule has 21 heavy (non-hydrogen) atoms. The highest BCUT2D eigenvalue weighted by Crippen LogP contribution is 2.32. The molecule has 2 rings (SSSR count). The Morgan fingerprint density at radius 3 is 2.43 bits per heavy atom. The van der Waals surface area contributed by atoms with Crippen LogP contribution in [0.4, 0.5) is 0 Å². The van der Waals surface area contributed by atoms with Crippen LogP contribution in [0.5, 0.6) is 5.75 Å². The van der Waals surface area contributed by atoms with E-state index >= 15 is 0 Å². The van der Waals surface area contributed by atoms with E-state index in [0.29, 0.717) is 22.3 Å². The van der Waals surface area contributed by atoms with E-state index in [1.807, 2.05) is 0 Å². The van der Waals surface area contributed by atoms with Crippen molar-refractivity contribution >= 4 is 23.2 Å². The molecular weight excluding hydrogens is 313 g/mol. The summed E-state index contributed by atoms with van der Waals surface area (Å²) in [6.07, 6.45) is 3.40. The molecule has 1 aromatic rings. The highest BCUT2D eigenvalue weighted by molar-refractivity contribution is 6.37. The number of aliphatic hydroxyl groups is 2. The van der Waals surface area contributed by atoms with Crippen LogP contribution in [0.1, 0.15) is 25.7 Å². The second kappa shape index (κ2) is 7.65. The first-order valence-electron chi connectivity index (χ1n) is 7.17. The molecule has 4 nitrogen and oxygen atoms in total. The van der Waals surface area contributed by atoms with Gasteiger partial charge >= 0.3 is 0 Å². The Kier molecular flexibility index (Phi) is 6.14. The van der Waals surface area contributed by atoms with Crippen LogP contribution in [0.2, 0.25) is 10.0 Å². The first-order valence-corrected chi connectivity index (χ1v) is 7.93. The van der Waals surface area contributed by atoms with E-state index in [9.17, 15) is 10.2 Å². The second-order valence-corrected chi connectivity index (χ2v) is 6.36. The Balaban J connectivity index is 1.81. The van der Waals surface area contributed by atoms with Gasteiger partial charge in [0.05, 0.1) is 16.7 Å². The van der Waals surface area contributed by atoms with Crippen LogP contribution < -0.4 is 10.1 Å². The smallest absolute Gasteiger partial charge is 0.156 e. The third-order valence-corrected chi connectivity index (χ3v) is 4.51. The van der Waals surface area contributed by atoms with Crippen molar-refractivity contribution < 1.29 is 14.9 Å². The largest absolute Gasteiger partial charge is 0.488 e. The molecule has 118 valence electrons. The van der Waals surface area contributed by atoms with Crippen LogP contribution >= 0.6 is 23.2 Å². The number of aliphatic hydroxyl groups excluding tert-OH is 2. The molecule has 1 unspecified atom stereocenters. The van der Waals surface area contributed by atoms with E-state index in [0.717, 1.165) is 25.7 Å². The maximum absolute atomic E-state index is 10.0. The Labute approximate surface area is 135 Å². The molecule has 3 N–H and O–H groups in total. The van der Waals surface area contributed by atoms with Crippen LogP contribution in [0.15, 0.2) is 18.2 Å². The molecule has 0 amide bonds. The van der Waals surface area contributed by atoms with Gasteiger partial charge in [0, 0.05) is 12.1 Å². The SMILES string of the molecule is OCC1(NCC(O)COc2c(Cl)cccc2Cl)CCCC1. The van der Waals surface area contributed by atoms with Crippen molar-refractivity contribution in [2.45, 2.75) is 37.3 Å². The minimum Gasteiger partial charge on any atom is -0.488 e. The Hall–Kier alpha value is -0.520. The zero-order valence-corrected chi connectivity index (χ0v) is 13.3. The number of halogens is 2. The molecule has 1 fully saturated rings. The highest BCUT2D eigenvalue weighted by Gasteiger charge is 2.32. The Bertz CT molecular complexity index is 444. The van der Waals surface area contributed by atoms with Crippen molar-refractivity contribution in [3.05, 3.63) is 28.2 Å². The normalized spacial score (nSPS) is 18.7. The van der Waals surface area contributed by atoms with Crippen LogP contribution in [-0.2, 0) is 0 Å². The molecule has 0 saturated heterocycles. The molecule has 1 aromatic carbocycles. The minimum absolute atomic E-state index is 0.0942. The quantitative estimate of drug-likeness (QED) is 0.717. The number of β-amino-alcohol motifs (C(OH)–C–C–N with tert-alkyl or cyclic N) is 1. The maximum Gasteiger partial charge on any atom is 0.156 e. The summed E-state index contributed by atoms with van der Waals surface area (Å²) in [5, 5.41) is 23.6. The lowest BCUT2D eigenvalue weighted by Gasteiger charge is -2.29. The molecule has 0 radical (unpaired) electrons. The molecule has 0 spiro atoms. The Morgan fingerprint density at radius 1 is 1.24 bits per heavy atom. The predicted molar refractivity (Wildman–Crippen MR) is 84.3 cm³/mol. The van der Waals surface area contributed by atoms with Crippen molar-refractivity contribution in [2.24, 2.45) is 0 Å². The molecule has 0 aromatic heterocycles. The maximum atomic E-state index is 10.0. The molecule has 0 heterocycles. The molecule has 1 aliphatic rings. The number of hydrogen-bond acceptors (Lipinski definition) is 4. The number of hydrogen-bond donors (Lipinski definition) is 3. The molecule has 0 bridgehead atoms. The van der Waals surface area contributed by atoms with Gasteiger partial charge in [-0.1, -0.05) is 42.1 Å². The summed E-state index contributed by atoms with van der Waals surface area (Å²) in [7, 11) is 0. The molecule has 1 aliphatic carbocycles. The summed E-state index contributed by atoms with van der Waals surface area (Å²) in [5.74, 6) is 0.387. The van der Waals surface area contributed by atoms with Gasteiger partial charge in [-0.2, -0.15) is 0 Å². The fourth-order valence-corrected chi connectivity index (χ4v) is 3.14. The van der Waals surface area contributed by atoms with Gasteiger partial charge in [0.1, 0.15) is 12.7 Å². The second-order valence-electron chi connectivity index (χ2n) is 5.54. The van der Waals surface area contributed by atoms with E-state index in [1.165, 1.54) is 0 Å². The van der Waals surface area contributed by atoms with E-state index in [1.54, 1.807) is 18.2 Å².